The third-order valence-corrected chi connectivity index (χ3v) is 3.89. The van der Waals surface area contributed by atoms with Gasteiger partial charge in [-0.05, 0) is 29.8 Å². The summed E-state index contributed by atoms with van der Waals surface area (Å²) in [5.41, 5.74) is 4.17. The smallest absolute Gasteiger partial charge is 0.0236 e. The molecule has 0 aliphatic heterocycles. The molecule has 0 saturated carbocycles. The minimum Gasteiger partial charge on any atom is -0.309 e. The molecule has 0 spiro atoms. The lowest BCUT2D eigenvalue weighted by atomic mass is 10.1. The Morgan fingerprint density at radius 2 is 1.38 bits per heavy atom. The Bertz CT molecular complexity index is 518. The number of benzene rings is 2. The lowest BCUT2D eigenvalue weighted by molar-refractivity contribution is 0.294. The molecule has 0 aromatic heterocycles. The zero-order valence-electron chi connectivity index (χ0n) is 13.2. The molecule has 112 valence electrons. The summed E-state index contributed by atoms with van der Waals surface area (Å²) >= 11 is 0. The van der Waals surface area contributed by atoms with Crippen molar-refractivity contribution in [2.75, 3.05) is 13.1 Å². The Morgan fingerprint density at radius 1 is 0.762 bits per heavy atom. The molecule has 2 nitrogen and oxygen atoms in total. The summed E-state index contributed by atoms with van der Waals surface area (Å²) in [6.45, 7) is 9.52. The van der Waals surface area contributed by atoms with Gasteiger partial charge < -0.3 is 5.32 Å². The summed E-state index contributed by atoms with van der Waals surface area (Å²) in [7, 11) is 0. The monoisotopic (exact) mass is 282 g/mol. The number of nitrogens with one attached hydrogen (secondary N) is 1. The van der Waals surface area contributed by atoms with Crippen molar-refractivity contribution in [2.45, 2.75) is 33.5 Å². The first-order chi connectivity index (χ1) is 10.3. The molecular weight excluding hydrogens is 256 g/mol. The standard InChI is InChI=1S/C19H26N2/c1-3-21(4-2)16-19-13-9-8-12-18(19)15-20-14-17-10-6-5-7-11-17/h5-13,20H,3-4,14-16H2,1-2H3. The molecule has 1 N–H and O–H groups in total. The molecule has 2 rings (SSSR count). The largest absolute Gasteiger partial charge is 0.309 e. The second-order valence-corrected chi connectivity index (χ2v) is 5.32. The zero-order chi connectivity index (χ0) is 14.9. The van der Waals surface area contributed by atoms with Crippen molar-refractivity contribution < 1.29 is 0 Å². The third-order valence-electron chi connectivity index (χ3n) is 3.89. The minimum atomic E-state index is 0.917. The van der Waals surface area contributed by atoms with Gasteiger partial charge in [-0.3, -0.25) is 4.90 Å². The van der Waals surface area contributed by atoms with Crippen molar-refractivity contribution in [3.8, 4) is 0 Å². The van der Waals surface area contributed by atoms with Crippen LogP contribution < -0.4 is 5.32 Å². The van der Waals surface area contributed by atoms with E-state index in [0.717, 1.165) is 32.7 Å². The first-order valence-electron chi connectivity index (χ1n) is 7.87. The molecule has 0 aliphatic rings. The fraction of sp³-hybridized carbons (Fsp3) is 0.368. The molecule has 0 atom stereocenters. The molecule has 2 aromatic carbocycles. The van der Waals surface area contributed by atoms with Crippen LogP contribution in [0.2, 0.25) is 0 Å². The van der Waals surface area contributed by atoms with Crippen molar-refractivity contribution in [3.05, 3.63) is 71.3 Å². The van der Waals surface area contributed by atoms with E-state index in [-0.39, 0.29) is 0 Å². The van der Waals surface area contributed by atoms with Crippen LogP contribution in [0.15, 0.2) is 54.6 Å². The van der Waals surface area contributed by atoms with E-state index in [1.807, 2.05) is 0 Å². The van der Waals surface area contributed by atoms with Crippen LogP contribution >= 0.6 is 0 Å². The topological polar surface area (TPSA) is 15.3 Å². The predicted octanol–water partition coefficient (Wildman–Crippen LogP) is 3.82. The molecular formula is C19H26N2. The summed E-state index contributed by atoms with van der Waals surface area (Å²) < 4.78 is 0. The van der Waals surface area contributed by atoms with Gasteiger partial charge in [-0.1, -0.05) is 68.4 Å². The van der Waals surface area contributed by atoms with Crippen LogP contribution in [0.1, 0.15) is 30.5 Å². The van der Waals surface area contributed by atoms with E-state index in [2.05, 4.69) is 78.7 Å². The molecule has 21 heavy (non-hydrogen) atoms. The lowest BCUT2D eigenvalue weighted by Gasteiger charge is -2.20. The van der Waals surface area contributed by atoms with Crippen LogP contribution in [0, 0.1) is 0 Å². The molecule has 2 aromatic rings. The van der Waals surface area contributed by atoms with Crippen molar-refractivity contribution in [2.24, 2.45) is 0 Å². The maximum absolute atomic E-state index is 3.55. The van der Waals surface area contributed by atoms with Crippen molar-refractivity contribution in [1.82, 2.24) is 10.2 Å². The van der Waals surface area contributed by atoms with E-state index in [0.29, 0.717) is 0 Å². The Labute approximate surface area is 128 Å². The summed E-state index contributed by atoms with van der Waals surface area (Å²) in [6.07, 6.45) is 0. The van der Waals surface area contributed by atoms with Gasteiger partial charge in [0.05, 0.1) is 0 Å². The molecule has 0 aliphatic carbocycles. The van der Waals surface area contributed by atoms with Gasteiger partial charge >= 0.3 is 0 Å². The van der Waals surface area contributed by atoms with E-state index >= 15 is 0 Å². The van der Waals surface area contributed by atoms with Crippen LogP contribution in [0.3, 0.4) is 0 Å². The number of hydrogen-bond acceptors (Lipinski definition) is 2. The summed E-state index contributed by atoms with van der Waals surface area (Å²) in [5, 5.41) is 3.55. The summed E-state index contributed by atoms with van der Waals surface area (Å²) in [5.74, 6) is 0. The van der Waals surface area contributed by atoms with Gasteiger partial charge in [-0.25, -0.2) is 0 Å². The Morgan fingerprint density at radius 3 is 2.05 bits per heavy atom. The minimum absolute atomic E-state index is 0.917. The van der Waals surface area contributed by atoms with Crippen LogP contribution in [0.5, 0.6) is 0 Å². The average molecular weight is 282 g/mol. The first-order valence-corrected chi connectivity index (χ1v) is 7.87. The highest BCUT2D eigenvalue weighted by atomic mass is 15.1. The Kier molecular flexibility index (Phi) is 6.45. The van der Waals surface area contributed by atoms with E-state index in [9.17, 15) is 0 Å². The highest BCUT2D eigenvalue weighted by Gasteiger charge is 2.05. The van der Waals surface area contributed by atoms with Crippen LogP contribution in [0.4, 0.5) is 0 Å². The lowest BCUT2D eigenvalue weighted by Crippen LogP contribution is -2.23. The number of nitrogens with zero attached hydrogens (tertiary/aromatic N) is 1. The fourth-order valence-corrected chi connectivity index (χ4v) is 2.51. The average Bonchev–Trinajstić information content (AvgIpc) is 2.55. The predicted molar refractivity (Wildman–Crippen MR) is 90.1 cm³/mol. The van der Waals surface area contributed by atoms with Crippen LogP contribution in [-0.2, 0) is 19.6 Å². The van der Waals surface area contributed by atoms with Gasteiger partial charge in [0.15, 0.2) is 0 Å². The molecule has 0 heterocycles. The molecule has 0 unspecified atom stereocenters. The number of hydrogen-bond donors (Lipinski definition) is 1. The first kappa shape index (κ1) is 15.7. The summed E-state index contributed by atoms with van der Waals surface area (Å²) in [6, 6.07) is 19.3. The van der Waals surface area contributed by atoms with Gasteiger partial charge in [0.2, 0.25) is 0 Å². The van der Waals surface area contributed by atoms with Crippen molar-refractivity contribution >= 4 is 0 Å². The maximum atomic E-state index is 3.55. The van der Waals surface area contributed by atoms with E-state index in [1.165, 1.54) is 16.7 Å². The second kappa shape index (κ2) is 8.60. The highest BCUT2D eigenvalue weighted by molar-refractivity contribution is 5.27. The Balaban J connectivity index is 1.93. The fourth-order valence-electron chi connectivity index (χ4n) is 2.51. The molecule has 0 fully saturated rings. The quantitative estimate of drug-likeness (QED) is 0.792. The van der Waals surface area contributed by atoms with Crippen LogP contribution in [-0.4, -0.2) is 18.0 Å². The highest BCUT2D eigenvalue weighted by Crippen LogP contribution is 2.12. The van der Waals surface area contributed by atoms with E-state index < -0.39 is 0 Å². The van der Waals surface area contributed by atoms with E-state index in [4.69, 9.17) is 0 Å². The zero-order valence-corrected chi connectivity index (χ0v) is 13.2. The maximum Gasteiger partial charge on any atom is 0.0236 e. The normalized spacial score (nSPS) is 11.0. The molecule has 0 amide bonds. The SMILES string of the molecule is CCN(CC)Cc1ccccc1CNCc1ccccc1. The molecule has 2 heteroatoms. The van der Waals surface area contributed by atoms with Gasteiger partial charge in [0.25, 0.3) is 0 Å². The van der Waals surface area contributed by atoms with Gasteiger partial charge in [-0.15, -0.1) is 0 Å². The molecule has 0 saturated heterocycles. The van der Waals surface area contributed by atoms with E-state index in [1.54, 1.807) is 0 Å². The second-order valence-electron chi connectivity index (χ2n) is 5.32. The molecule has 0 bridgehead atoms. The van der Waals surface area contributed by atoms with Gasteiger partial charge in [-0.2, -0.15) is 0 Å². The van der Waals surface area contributed by atoms with Crippen LogP contribution in [0.25, 0.3) is 0 Å². The third kappa shape index (κ3) is 5.00. The van der Waals surface area contributed by atoms with Crippen molar-refractivity contribution in [1.29, 1.82) is 0 Å². The number of rotatable bonds is 8. The van der Waals surface area contributed by atoms with Gasteiger partial charge in [0, 0.05) is 19.6 Å². The molecule has 0 radical (unpaired) electrons. The van der Waals surface area contributed by atoms with Gasteiger partial charge in [0.1, 0.15) is 0 Å². The van der Waals surface area contributed by atoms with Crippen molar-refractivity contribution in [3.63, 3.8) is 0 Å². The summed E-state index contributed by atoms with van der Waals surface area (Å²) in [4.78, 5) is 2.45. The Hall–Kier alpha value is -1.64.